The Labute approximate surface area is 168 Å². The van der Waals surface area contributed by atoms with Crippen molar-refractivity contribution in [2.45, 2.75) is 57.8 Å². The van der Waals surface area contributed by atoms with Gasteiger partial charge in [-0.25, -0.2) is 8.42 Å². The van der Waals surface area contributed by atoms with Gasteiger partial charge in [0.25, 0.3) is 0 Å². The Morgan fingerprint density at radius 2 is 1.93 bits per heavy atom. The minimum atomic E-state index is -3.68. The fourth-order valence-electron chi connectivity index (χ4n) is 4.84. The van der Waals surface area contributed by atoms with Crippen LogP contribution < -0.4 is 10.1 Å². The van der Waals surface area contributed by atoms with Crippen molar-refractivity contribution in [3.8, 4) is 5.75 Å². The summed E-state index contributed by atoms with van der Waals surface area (Å²) in [5.41, 5.74) is 0.502. The average molecular weight is 409 g/mol. The maximum Gasteiger partial charge on any atom is 0.246 e. The number of hydrogen-bond donors (Lipinski definition) is 1. The second-order valence-electron chi connectivity index (χ2n) is 7.87. The van der Waals surface area contributed by atoms with Crippen molar-refractivity contribution in [1.29, 1.82) is 0 Å². The minimum Gasteiger partial charge on any atom is -0.492 e. The van der Waals surface area contributed by atoms with Crippen LogP contribution in [-0.4, -0.2) is 38.3 Å². The molecule has 1 N–H and O–H groups in total. The lowest BCUT2D eigenvalue weighted by Gasteiger charge is -2.22. The van der Waals surface area contributed by atoms with Crippen LogP contribution in [0.2, 0.25) is 0 Å². The van der Waals surface area contributed by atoms with Gasteiger partial charge in [-0.1, -0.05) is 20.3 Å². The van der Waals surface area contributed by atoms with Gasteiger partial charge in [0, 0.05) is 25.2 Å². The van der Waals surface area contributed by atoms with Gasteiger partial charge in [0.2, 0.25) is 15.9 Å². The fourth-order valence-corrected chi connectivity index (χ4v) is 6.46. The lowest BCUT2D eigenvalue weighted by molar-refractivity contribution is -0.117. The van der Waals surface area contributed by atoms with Crippen LogP contribution in [0.15, 0.2) is 23.1 Å². The topological polar surface area (TPSA) is 75.7 Å². The van der Waals surface area contributed by atoms with E-state index in [-0.39, 0.29) is 10.8 Å². The standard InChI is InChI=1S/C21H32N2O4S/c1-4-23(5-2)28(25,26)20-14-18(9-10-19(20)27-6-3)22-21(24)13-17-12-15-7-8-16(17)11-15/h9-10,14-17H,4-8,11-13H2,1-3H3,(H,22,24)/t15-,16-,17+/m1/s1. The Morgan fingerprint density at radius 3 is 2.50 bits per heavy atom. The molecule has 2 saturated carbocycles. The van der Waals surface area contributed by atoms with Crippen molar-refractivity contribution >= 4 is 21.6 Å². The smallest absolute Gasteiger partial charge is 0.246 e. The van der Waals surface area contributed by atoms with E-state index in [1.807, 2.05) is 20.8 Å². The van der Waals surface area contributed by atoms with Crippen molar-refractivity contribution in [3.05, 3.63) is 18.2 Å². The van der Waals surface area contributed by atoms with E-state index in [9.17, 15) is 13.2 Å². The van der Waals surface area contributed by atoms with Crippen molar-refractivity contribution in [1.82, 2.24) is 4.31 Å². The largest absolute Gasteiger partial charge is 0.492 e. The van der Waals surface area contributed by atoms with Crippen molar-refractivity contribution in [2.24, 2.45) is 17.8 Å². The summed E-state index contributed by atoms with van der Waals surface area (Å²) in [6.07, 6.45) is 5.51. The molecule has 1 aromatic carbocycles. The van der Waals surface area contributed by atoms with Crippen LogP contribution in [-0.2, 0) is 14.8 Å². The van der Waals surface area contributed by atoms with Gasteiger partial charge in [-0.3, -0.25) is 4.79 Å². The predicted molar refractivity (Wildman–Crippen MR) is 110 cm³/mol. The second kappa shape index (κ2) is 8.82. The number of benzene rings is 1. The molecule has 2 bridgehead atoms. The van der Waals surface area contributed by atoms with Crippen LogP contribution in [0.4, 0.5) is 5.69 Å². The van der Waals surface area contributed by atoms with Crippen LogP contribution in [0.5, 0.6) is 5.75 Å². The third kappa shape index (κ3) is 4.35. The van der Waals surface area contributed by atoms with Crippen LogP contribution in [0.25, 0.3) is 0 Å². The number of nitrogens with one attached hydrogen (secondary N) is 1. The summed E-state index contributed by atoms with van der Waals surface area (Å²) < 4.78 is 33.0. The Kier molecular flexibility index (Phi) is 6.65. The molecule has 7 heteroatoms. The molecule has 0 saturated heterocycles. The van der Waals surface area contributed by atoms with E-state index >= 15 is 0 Å². The molecule has 28 heavy (non-hydrogen) atoms. The molecule has 0 aliphatic heterocycles. The summed E-state index contributed by atoms with van der Waals surface area (Å²) in [6, 6.07) is 4.87. The van der Waals surface area contributed by atoms with Crippen molar-refractivity contribution < 1.29 is 17.9 Å². The summed E-state index contributed by atoms with van der Waals surface area (Å²) in [4.78, 5) is 12.7. The predicted octanol–water partition coefficient (Wildman–Crippen LogP) is 3.88. The number of carbonyl (C=O) groups excluding carboxylic acids is 1. The number of sulfonamides is 1. The molecule has 1 aromatic rings. The van der Waals surface area contributed by atoms with Crippen LogP contribution in [0, 0.1) is 17.8 Å². The van der Waals surface area contributed by atoms with E-state index in [1.165, 1.54) is 29.6 Å². The van der Waals surface area contributed by atoms with Crippen molar-refractivity contribution in [3.63, 3.8) is 0 Å². The highest BCUT2D eigenvalue weighted by atomic mass is 32.2. The molecule has 2 fully saturated rings. The fraction of sp³-hybridized carbons (Fsp3) is 0.667. The molecule has 1 amide bonds. The number of rotatable bonds is 9. The summed E-state index contributed by atoms with van der Waals surface area (Å²) in [6.45, 7) is 6.57. The zero-order chi connectivity index (χ0) is 20.3. The summed E-state index contributed by atoms with van der Waals surface area (Å²) in [5, 5.41) is 2.91. The normalized spacial score (nSPS) is 23.9. The van der Waals surface area contributed by atoms with Crippen LogP contribution in [0.3, 0.4) is 0 Å². The van der Waals surface area contributed by atoms with E-state index in [1.54, 1.807) is 12.1 Å². The quantitative estimate of drug-likeness (QED) is 0.673. The van der Waals surface area contributed by atoms with Gasteiger partial charge in [-0.2, -0.15) is 4.31 Å². The van der Waals surface area contributed by atoms with E-state index in [0.29, 0.717) is 49.4 Å². The first kappa shape index (κ1) is 21.1. The number of nitrogens with zero attached hydrogens (tertiary/aromatic N) is 1. The number of carbonyl (C=O) groups is 1. The summed E-state index contributed by atoms with van der Waals surface area (Å²) in [5.74, 6) is 2.25. The highest BCUT2D eigenvalue weighted by Gasteiger charge is 2.40. The van der Waals surface area contributed by atoms with E-state index in [0.717, 1.165) is 12.3 Å². The number of fused-ring (bicyclic) bond motifs is 2. The SMILES string of the molecule is CCOc1ccc(NC(=O)C[C@@H]2C[C@@H]3CC[C@@H]2C3)cc1S(=O)(=O)N(CC)CC. The summed E-state index contributed by atoms with van der Waals surface area (Å²) in [7, 11) is -3.68. The molecular formula is C21H32N2O4S. The number of ether oxygens (including phenoxy) is 1. The lowest BCUT2D eigenvalue weighted by Crippen LogP contribution is -2.31. The van der Waals surface area contributed by atoms with Crippen molar-refractivity contribution in [2.75, 3.05) is 25.0 Å². The molecule has 2 aliphatic rings. The van der Waals surface area contributed by atoms with Crippen LogP contribution in [0.1, 0.15) is 52.9 Å². The minimum absolute atomic E-state index is 0.0344. The molecule has 3 rings (SSSR count). The first-order valence-corrected chi connectivity index (χ1v) is 11.9. The van der Waals surface area contributed by atoms with Gasteiger partial charge in [0.1, 0.15) is 10.6 Å². The molecule has 6 nitrogen and oxygen atoms in total. The highest BCUT2D eigenvalue weighted by Crippen LogP contribution is 2.49. The molecule has 156 valence electrons. The Hall–Kier alpha value is -1.60. The zero-order valence-electron chi connectivity index (χ0n) is 17.1. The van der Waals surface area contributed by atoms with E-state index in [4.69, 9.17) is 4.74 Å². The highest BCUT2D eigenvalue weighted by molar-refractivity contribution is 7.89. The molecular weight excluding hydrogens is 376 g/mol. The average Bonchev–Trinajstić information content (AvgIpc) is 3.27. The second-order valence-corrected chi connectivity index (χ2v) is 9.78. The summed E-state index contributed by atoms with van der Waals surface area (Å²) >= 11 is 0. The Morgan fingerprint density at radius 1 is 1.18 bits per heavy atom. The van der Waals surface area contributed by atoms with E-state index < -0.39 is 10.0 Å². The molecule has 2 aliphatic carbocycles. The number of hydrogen-bond acceptors (Lipinski definition) is 4. The zero-order valence-corrected chi connectivity index (χ0v) is 17.9. The first-order valence-electron chi connectivity index (χ1n) is 10.5. The first-order chi connectivity index (χ1) is 13.4. The molecule has 0 unspecified atom stereocenters. The van der Waals surface area contributed by atoms with Gasteiger partial charge >= 0.3 is 0 Å². The maximum atomic E-state index is 13.0. The maximum absolute atomic E-state index is 13.0. The Balaban J connectivity index is 1.77. The van der Waals surface area contributed by atoms with Gasteiger partial charge in [0.15, 0.2) is 0 Å². The monoisotopic (exact) mass is 408 g/mol. The molecule has 0 heterocycles. The van der Waals surface area contributed by atoms with E-state index in [2.05, 4.69) is 5.32 Å². The third-order valence-electron chi connectivity index (χ3n) is 6.18. The van der Waals surface area contributed by atoms with Gasteiger partial charge in [-0.15, -0.1) is 0 Å². The molecule has 3 atom stereocenters. The van der Waals surface area contributed by atoms with Crippen LogP contribution >= 0.6 is 0 Å². The number of anilines is 1. The van der Waals surface area contributed by atoms with Gasteiger partial charge in [0.05, 0.1) is 6.61 Å². The molecule has 0 radical (unpaired) electrons. The molecule has 0 spiro atoms. The molecule has 0 aromatic heterocycles. The number of amides is 1. The lowest BCUT2D eigenvalue weighted by atomic mass is 9.86. The van der Waals surface area contributed by atoms with Gasteiger partial charge in [-0.05, 0) is 62.1 Å². The Bertz CT molecular complexity index is 805. The van der Waals surface area contributed by atoms with Gasteiger partial charge < -0.3 is 10.1 Å². The third-order valence-corrected chi connectivity index (χ3v) is 8.25.